The first kappa shape index (κ1) is 10.4. The van der Waals surface area contributed by atoms with Gasteiger partial charge in [0.2, 0.25) is 0 Å². The van der Waals surface area contributed by atoms with Crippen LogP contribution in [-0.4, -0.2) is 5.78 Å². The van der Waals surface area contributed by atoms with Gasteiger partial charge in [-0.3, -0.25) is 4.79 Å². The monoisotopic (exact) mass is 202 g/mol. The van der Waals surface area contributed by atoms with Crippen LogP contribution in [0.2, 0.25) is 0 Å². The van der Waals surface area contributed by atoms with Gasteiger partial charge in [-0.15, -0.1) is 0 Å². The third-order valence-corrected chi connectivity index (χ3v) is 3.35. The van der Waals surface area contributed by atoms with Crippen molar-refractivity contribution < 1.29 is 4.79 Å². The molecule has 0 spiro atoms. The molecule has 0 saturated carbocycles. The summed E-state index contributed by atoms with van der Waals surface area (Å²) in [6.07, 6.45) is 0.924. The standard InChI is InChI=1S/C14H18O/c1-8(2)12-7-13-11(5-9(12)3)6-10(4)14(13)15/h5,7-8,10H,6H2,1-4H3. The molecule has 1 aromatic rings. The third-order valence-electron chi connectivity index (χ3n) is 3.35. The van der Waals surface area contributed by atoms with E-state index in [0.29, 0.717) is 11.7 Å². The lowest BCUT2D eigenvalue weighted by Gasteiger charge is -2.11. The maximum Gasteiger partial charge on any atom is 0.166 e. The highest BCUT2D eigenvalue weighted by molar-refractivity contribution is 6.02. The summed E-state index contributed by atoms with van der Waals surface area (Å²) in [5, 5.41) is 0. The number of fused-ring (bicyclic) bond motifs is 1. The summed E-state index contributed by atoms with van der Waals surface area (Å²) in [5.74, 6) is 1.01. The van der Waals surface area contributed by atoms with E-state index in [1.165, 1.54) is 16.7 Å². The van der Waals surface area contributed by atoms with E-state index in [4.69, 9.17) is 0 Å². The van der Waals surface area contributed by atoms with Gasteiger partial charge >= 0.3 is 0 Å². The Morgan fingerprint density at radius 2 is 2.00 bits per heavy atom. The number of hydrogen-bond acceptors (Lipinski definition) is 1. The number of ketones is 1. The van der Waals surface area contributed by atoms with E-state index in [-0.39, 0.29) is 5.92 Å². The number of rotatable bonds is 1. The summed E-state index contributed by atoms with van der Waals surface area (Å²) in [4.78, 5) is 11.9. The summed E-state index contributed by atoms with van der Waals surface area (Å²) in [5.41, 5.74) is 4.85. The fourth-order valence-corrected chi connectivity index (χ4v) is 2.49. The molecule has 0 radical (unpaired) electrons. The molecule has 80 valence electrons. The highest BCUT2D eigenvalue weighted by atomic mass is 16.1. The second-order valence-electron chi connectivity index (χ2n) is 4.99. The maximum atomic E-state index is 11.9. The van der Waals surface area contributed by atoms with Crippen LogP contribution in [0.25, 0.3) is 0 Å². The maximum absolute atomic E-state index is 11.9. The largest absolute Gasteiger partial charge is 0.294 e. The number of hydrogen-bond donors (Lipinski definition) is 0. The predicted octanol–water partition coefficient (Wildman–Crippen LogP) is 3.49. The Morgan fingerprint density at radius 3 is 2.60 bits per heavy atom. The van der Waals surface area contributed by atoms with E-state index >= 15 is 0 Å². The molecule has 0 saturated heterocycles. The topological polar surface area (TPSA) is 17.1 Å². The minimum Gasteiger partial charge on any atom is -0.294 e. The molecule has 1 heteroatoms. The molecule has 2 rings (SSSR count). The van der Waals surface area contributed by atoms with Crippen LogP contribution in [-0.2, 0) is 6.42 Å². The molecule has 0 heterocycles. The van der Waals surface area contributed by atoms with Gasteiger partial charge in [0.25, 0.3) is 0 Å². The predicted molar refractivity (Wildman–Crippen MR) is 62.5 cm³/mol. The van der Waals surface area contributed by atoms with Gasteiger partial charge in [0.1, 0.15) is 0 Å². The summed E-state index contributed by atoms with van der Waals surface area (Å²) < 4.78 is 0. The van der Waals surface area contributed by atoms with E-state index in [9.17, 15) is 4.79 Å². The molecule has 1 aliphatic carbocycles. The molecule has 1 unspecified atom stereocenters. The highest BCUT2D eigenvalue weighted by Crippen LogP contribution is 2.31. The van der Waals surface area contributed by atoms with E-state index in [2.05, 4.69) is 32.9 Å². The zero-order valence-corrected chi connectivity index (χ0v) is 9.92. The number of aryl methyl sites for hydroxylation is 1. The lowest BCUT2D eigenvalue weighted by atomic mass is 9.93. The van der Waals surface area contributed by atoms with Crippen molar-refractivity contribution in [1.29, 1.82) is 0 Å². The Labute approximate surface area is 91.5 Å². The minimum atomic E-state index is 0.182. The van der Waals surface area contributed by atoms with Crippen LogP contribution in [0.15, 0.2) is 12.1 Å². The zero-order valence-electron chi connectivity index (χ0n) is 9.92. The molecule has 0 bridgehead atoms. The molecule has 1 nitrogen and oxygen atoms in total. The Morgan fingerprint density at radius 1 is 1.33 bits per heavy atom. The Bertz CT molecular complexity index is 416. The average molecular weight is 202 g/mol. The first-order valence-corrected chi connectivity index (χ1v) is 5.68. The van der Waals surface area contributed by atoms with E-state index in [1.54, 1.807) is 0 Å². The fraction of sp³-hybridized carbons (Fsp3) is 0.500. The number of carbonyl (C=O) groups is 1. The second kappa shape index (κ2) is 3.48. The lowest BCUT2D eigenvalue weighted by molar-refractivity contribution is 0.0946. The Balaban J connectivity index is 2.55. The van der Waals surface area contributed by atoms with Gasteiger partial charge in [-0.05, 0) is 42.0 Å². The molecule has 1 aromatic carbocycles. The van der Waals surface area contributed by atoms with Crippen molar-refractivity contribution in [3.05, 3.63) is 34.4 Å². The Kier molecular flexibility index (Phi) is 2.41. The smallest absolute Gasteiger partial charge is 0.166 e. The fourth-order valence-electron chi connectivity index (χ4n) is 2.49. The van der Waals surface area contributed by atoms with Gasteiger partial charge in [0.15, 0.2) is 5.78 Å². The summed E-state index contributed by atoms with van der Waals surface area (Å²) in [6.45, 7) is 8.52. The molecule has 0 amide bonds. The number of Topliss-reactive ketones (excluding diaryl/α,β-unsaturated/α-hetero) is 1. The van der Waals surface area contributed by atoms with E-state index < -0.39 is 0 Å². The molecule has 1 aliphatic rings. The van der Waals surface area contributed by atoms with Crippen LogP contribution in [0.3, 0.4) is 0 Å². The molecule has 0 aromatic heterocycles. The molecule has 0 fully saturated rings. The average Bonchev–Trinajstić information content (AvgIpc) is 2.41. The first-order valence-electron chi connectivity index (χ1n) is 5.68. The Hall–Kier alpha value is -1.11. The normalized spacial score (nSPS) is 19.8. The van der Waals surface area contributed by atoms with Crippen LogP contribution in [0.5, 0.6) is 0 Å². The third kappa shape index (κ3) is 1.60. The SMILES string of the molecule is Cc1cc2c(cc1C(C)C)C(=O)C(C)C2. The molecule has 1 atom stereocenters. The van der Waals surface area contributed by atoms with Gasteiger partial charge in [-0.1, -0.05) is 26.8 Å². The lowest BCUT2D eigenvalue weighted by Crippen LogP contribution is -2.03. The van der Waals surface area contributed by atoms with Gasteiger partial charge in [0.05, 0.1) is 0 Å². The molecule has 0 N–H and O–H groups in total. The number of carbonyl (C=O) groups excluding carboxylic acids is 1. The molecule has 0 aliphatic heterocycles. The van der Waals surface area contributed by atoms with Crippen molar-refractivity contribution in [2.24, 2.45) is 5.92 Å². The van der Waals surface area contributed by atoms with Crippen LogP contribution in [0, 0.1) is 12.8 Å². The highest BCUT2D eigenvalue weighted by Gasteiger charge is 2.27. The van der Waals surface area contributed by atoms with Gasteiger partial charge < -0.3 is 0 Å². The van der Waals surface area contributed by atoms with Crippen molar-refractivity contribution in [3.8, 4) is 0 Å². The molecular weight excluding hydrogens is 184 g/mol. The van der Waals surface area contributed by atoms with Crippen LogP contribution in [0.4, 0.5) is 0 Å². The van der Waals surface area contributed by atoms with Gasteiger partial charge in [-0.25, -0.2) is 0 Å². The molecular formula is C14H18O. The van der Waals surface area contributed by atoms with E-state index in [0.717, 1.165) is 12.0 Å². The minimum absolute atomic E-state index is 0.182. The first-order chi connectivity index (χ1) is 7.00. The van der Waals surface area contributed by atoms with Crippen LogP contribution >= 0.6 is 0 Å². The van der Waals surface area contributed by atoms with Crippen molar-refractivity contribution >= 4 is 5.78 Å². The zero-order chi connectivity index (χ0) is 11.2. The molecule has 15 heavy (non-hydrogen) atoms. The van der Waals surface area contributed by atoms with Gasteiger partial charge in [-0.2, -0.15) is 0 Å². The van der Waals surface area contributed by atoms with Crippen molar-refractivity contribution in [2.45, 2.75) is 40.0 Å². The van der Waals surface area contributed by atoms with Crippen molar-refractivity contribution in [2.75, 3.05) is 0 Å². The summed E-state index contributed by atoms with van der Waals surface area (Å²) in [7, 11) is 0. The number of benzene rings is 1. The second-order valence-corrected chi connectivity index (χ2v) is 4.99. The van der Waals surface area contributed by atoms with E-state index in [1.807, 2.05) is 6.92 Å². The van der Waals surface area contributed by atoms with Crippen molar-refractivity contribution in [3.63, 3.8) is 0 Å². The van der Waals surface area contributed by atoms with Crippen LogP contribution in [0.1, 0.15) is 53.7 Å². The summed E-state index contributed by atoms with van der Waals surface area (Å²) >= 11 is 0. The summed E-state index contributed by atoms with van der Waals surface area (Å²) in [6, 6.07) is 4.31. The quantitative estimate of drug-likeness (QED) is 0.681. The van der Waals surface area contributed by atoms with Crippen LogP contribution < -0.4 is 0 Å². The van der Waals surface area contributed by atoms with Gasteiger partial charge in [0, 0.05) is 11.5 Å². The van der Waals surface area contributed by atoms with Crippen molar-refractivity contribution in [1.82, 2.24) is 0 Å².